The Hall–Kier alpha value is -1.09. The quantitative estimate of drug-likeness (QED) is 0.848. The predicted octanol–water partition coefficient (Wildman–Crippen LogP) is 2.19. The molecule has 3 heteroatoms. The number of nitrogens with one attached hydrogen (secondary N) is 1. The Kier molecular flexibility index (Phi) is 3.78. The Balaban J connectivity index is 2.04. The summed E-state index contributed by atoms with van der Waals surface area (Å²) in [6.07, 6.45) is 4.33. The van der Waals surface area contributed by atoms with E-state index in [1.807, 2.05) is 12.3 Å². The molecule has 1 saturated heterocycles. The van der Waals surface area contributed by atoms with E-state index in [0.717, 1.165) is 24.8 Å². The third-order valence-corrected chi connectivity index (χ3v) is 3.55. The maximum atomic E-state index is 5.12. The van der Waals surface area contributed by atoms with E-state index in [2.05, 4.69) is 23.3 Å². The lowest BCUT2D eigenvalue weighted by atomic mass is 9.84. The number of aromatic nitrogens is 1. The van der Waals surface area contributed by atoms with Crippen molar-refractivity contribution in [3.63, 3.8) is 0 Å². The second kappa shape index (κ2) is 5.30. The fraction of sp³-hybridized carbons (Fsp3) is 0.615. The summed E-state index contributed by atoms with van der Waals surface area (Å²) < 4.78 is 5.12. The number of nitrogens with zero attached hydrogens (tertiary/aromatic N) is 1. The number of pyridine rings is 1. The molecule has 16 heavy (non-hydrogen) atoms. The number of rotatable bonds is 3. The maximum Gasteiger partial charge on any atom is 0.137 e. The molecule has 0 amide bonds. The zero-order chi connectivity index (χ0) is 11.4. The van der Waals surface area contributed by atoms with Gasteiger partial charge in [0.1, 0.15) is 5.75 Å². The highest BCUT2D eigenvalue weighted by atomic mass is 16.5. The van der Waals surface area contributed by atoms with Gasteiger partial charge in [-0.1, -0.05) is 6.92 Å². The lowest BCUT2D eigenvalue weighted by Crippen LogP contribution is -2.30. The van der Waals surface area contributed by atoms with Gasteiger partial charge in [-0.05, 0) is 44.0 Å². The van der Waals surface area contributed by atoms with E-state index in [0.29, 0.717) is 5.92 Å². The van der Waals surface area contributed by atoms with E-state index in [-0.39, 0.29) is 0 Å². The van der Waals surface area contributed by atoms with Crippen molar-refractivity contribution in [1.29, 1.82) is 0 Å². The standard InChI is InChI=1S/C13H20N2O/c1-10(11-5-7-14-8-6-11)13-4-3-12(16-2)9-15-13/h3-4,9-11,14H,5-8H2,1-2H3. The first kappa shape index (κ1) is 11.4. The van der Waals surface area contributed by atoms with Crippen LogP contribution < -0.4 is 10.1 Å². The van der Waals surface area contributed by atoms with Crippen LogP contribution in [0.2, 0.25) is 0 Å². The lowest BCUT2D eigenvalue weighted by molar-refractivity contribution is 0.326. The Labute approximate surface area is 97.2 Å². The average Bonchev–Trinajstić information content (AvgIpc) is 2.39. The Morgan fingerprint density at radius 3 is 2.69 bits per heavy atom. The van der Waals surface area contributed by atoms with Gasteiger partial charge in [0.15, 0.2) is 0 Å². The number of piperidine rings is 1. The number of hydrogen-bond acceptors (Lipinski definition) is 3. The van der Waals surface area contributed by atoms with E-state index >= 15 is 0 Å². The lowest BCUT2D eigenvalue weighted by Gasteiger charge is -2.27. The first-order chi connectivity index (χ1) is 7.81. The van der Waals surface area contributed by atoms with Crippen LogP contribution in [-0.2, 0) is 0 Å². The SMILES string of the molecule is COc1ccc(C(C)C2CCNCC2)nc1. The summed E-state index contributed by atoms with van der Waals surface area (Å²) in [5, 5.41) is 3.40. The molecule has 2 heterocycles. The molecule has 1 aliphatic heterocycles. The highest BCUT2D eigenvalue weighted by Gasteiger charge is 2.21. The summed E-state index contributed by atoms with van der Waals surface area (Å²) in [7, 11) is 1.67. The van der Waals surface area contributed by atoms with Crippen molar-refractivity contribution in [3.8, 4) is 5.75 Å². The molecule has 1 aromatic heterocycles. The second-order valence-electron chi connectivity index (χ2n) is 4.50. The Morgan fingerprint density at radius 1 is 1.38 bits per heavy atom. The molecular weight excluding hydrogens is 200 g/mol. The topological polar surface area (TPSA) is 34.1 Å². The Bertz CT molecular complexity index is 317. The molecule has 1 unspecified atom stereocenters. The zero-order valence-corrected chi connectivity index (χ0v) is 10.1. The van der Waals surface area contributed by atoms with Crippen LogP contribution in [0.15, 0.2) is 18.3 Å². The van der Waals surface area contributed by atoms with Crippen molar-refractivity contribution in [2.45, 2.75) is 25.7 Å². The fourth-order valence-electron chi connectivity index (χ4n) is 2.37. The molecule has 3 nitrogen and oxygen atoms in total. The zero-order valence-electron chi connectivity index (χ0n) is 10.1. The van der Waals surface area contributed by atoms with Gasteiger partial charge in [0, 0.05) is 11.6 Å². The van der Waals surface area contributed by atoms with Crippen LogP contribution in [0.1, 0.15) is 31.4 Å². The van der Waals surface area contributed by atoms with Gasteiger partial charge in [0.25, 0.3) is 0 Å². The van der Waals surface area contributed by atoms with Crippen molar-refractivity contribution in [1.82, 2.24) is 10.3 Å². The molecule has 1 aromatic rings. The normalized spacial score (nSPS) is 19.4. The molecule has 1 fully saturated rings. The summed E-state index contributed by atoms with van der Waals surface area (Å²) in [5.74, 6) is 2.15. The predicted molar refractivity (Wildman–Crippen MR) is 64.8 cm³/mol. The van der Waals surface area contributed by atoms with Gasteiger partial charge in [0.2, 0.25) is 0 Å². The third-order valence-electron chi connectivity index (χ3n) is 3.55. The largest absolute Gasteiger partial charge is 0.495 e. The first-order valence-electron chi connectivity index (χ1n) is 6.02. The molecule has 0 aliphatic carbocycles. The molecule has 0 aromatic carbocycles. The van der Waals surface area contributed by atoms with Crippen LogP contribution in [0.5, 0.6) is 5.75 Å². The summed E-state index contributed by atoms with van der Waals surface area (Å²) in [6.45, 7) is 4.57. The molecule has 0 saturated carbocycles. The van der Waals surface area contributed by atoms with Crippen molar-refractivity contribution in [2.75, 3.05) is 20.2 Å². The smallest absolute Gasteiger partial charge is 0.137 e. The summed E-state index contributed by atoms with van der Waals surface area (Å²) >= 11 is 0. The number of methoxy groups -OCH3 is 1. The highest BCUT2D eigenvalue weighted by Crippen LogP contribution is 2.29. The van der Waals surface area contributed by atoms with Crippen molar-refractivity contribution in [2.24, 2.45) is 5.92 Å². The van der Waals surface area contributed by atoms with Crippen molar-refractivity contribution >= 4 is 0 Å². The van der Waals surface area contributed by atoms with Gasteiger partial charge in [-0.2, -0.15) is 0 Å². The van der Waals surface area contributed by atoms with Crippen LogP contribution in [0.4, 0.5) is 0 Å². The number of hydrogen-bond donors (Lipinski definition) is 1. The molecule has 1 atom stereocenters. The van der Waals surface area contributed by atoms with E-state index in [1.54, 1.807) is 7.11 Å². The fourth-order valence-corrected chi connectivity index (χ4v) is 2.37. The van der Waals surface area contributed by atoms with Crippen LogP contribution in [0.25, 0.3) is 0 Å². The molecule has 0 spiro atoms. The molecule has 1 N–H and O–H groups in total. The van der Waals surface area contributed by atoms with E-state index in [9.17, 15) is 0 Å². The summed E-state index contributed by atoms with van der Waals surface area (Å²) in [6, 6.07) is 4.09. The minimum absolute atomic E-state index is 0.549. The van der Waals surface area contributed by atoms with E-state index in [1.165, 1.54) is 18.5 Å². The second-order valence-corrected chi connectivity index (χ2v) is 4.50. The molecule has 0 bridgehead atoms. The van der Waals surface area contributed by atoms with Crippen molar-refractivity contribution < 1.29 is 4.74 Å². The molecule has 88 valence electrons. The molecule has 0 radical (unpaired) electrons. The van der Waals surface area contributed by atoms with Crippen LogP contribution >= 0.6 is 0 Å². The van der Waals surface area contributed by atoms with Crippen molar-refractivity contribution in [3.05, 3.63) is 24.0 Å². The first-order valence-corrected chi connectivity index (χ1v) is 6.02. The minimum atomic E-state index is 0.549. The monoisotopic (exact) mass is 220 g/mol. The maximum absolute atomic E-state index is 5.12. The Morgan fingerprint density at radius 2 is 2.12 bits per heavy atom. The van der Waals surface area contributed by atoms with Crippen LogP contribution in [0.3, 0.4) is 0 Å². The summed E-state index contributed by atoms with van der Waals surface area (Å²) in [5.41, 5.74) is 1.19. The highest BCUT2D eigenvalue weighted by molar-refractivity contribution is 5.21. The minimum Gasteiger partial charge on any atom is -0.495 e. The molecule has 1 aliphatic rings. The van der Waals surface area contributed by atoms with Gasteiger partial charge in [-0.25, -0.2) is 0 Å². The van der Waals surface area contributed by atoms with Gasteiger partial charge < -0.3 is 10.1 Å². The van der Waals surface area contributed by atoms with E-state index in [4.69, 9.17) is 4.74 Å². The van der Waals surface area contributed by atoms with E-state index < -0.39 is 0 Å². The average molecular weight is 220 g/mol. The van der Waals surface area contributed by atoms with Gasteiger partial charge >= 0.3 is 0 Å². The van der Waals surface area contributed by atoms with Crippen LogP contribution in [0, 0.1) is 5.92 Å². The van der Waals surface area contributed by atoms with Crippen LogP contribution in [-0.4, -0.2) is 25.2 Å². The summed E-state index contributed by atoms with van der Waals surface area (Å²) in [4.78, 5) is 4.48. The van der Waals surface area contributed by atoms with Gasteiger partial charge in [-0.3, -0.25) is 4.98 Å². The molecular formula is C13H20N2O. The third kappa shape index (κ3) is 2.53. The van der Waals surface area contributed by atoms with Gasteiger partial charge in [0.05, 0.1) is 13.3 Å². The van der Waals surface area contributed by atoms with Gasteiger partial charge in [-0.15, -0.1) is 0 Å². The molecule has 2 rings (SSSR count). The number of ether oxygens (including phenoxy) is 1.